The molecule has 1 unspecified atom stereocenters. The molecule has 0 aliphatic carbocycles. The summed E-state index contributed by atoms with van der Waals surface area (Å²) < 4.78 is 6.20. The average Bonchev–Trinajstić information content (AvgIpc) is 2.82. The van der Waals surface area contributed by atoms with Crippen molar-refractivity contribution in [1.82, 2.24) is 0 Å². The lowest BCUT2D eigenvalue weighted by Crippen LogP contribution is -2.44. The van der Waals surface area contributed by atoms with E-state index >= 15 is 0 Å². The molecule has 6 nitrogen and oxygen atoms in total. The van der Waals surface area contributed by atoms with Gasteiger partial charge in [-0.05, 0) is 58.3 Å². The summed E-state index contributed by atoms with van der Waals surface area (Å²) in [6, 6.07) is 22.6. The number of carbonyl (C=O) groups excluding carboxylic acids is 1. The highest BCUT2D eigenvalue weighted by molar-refractivity contribution is 9.10. The molecule has 164 valence electrons. The van der Waals surface area contributed by atoms with Gasteiger partial charge in [0, 0.05) is 22.6 Å². The minimum Gasteiger partial charge on any atom is -0.444 e. The van der Waals surface area contributed by atoms with E-state index in [9.17, 15) is 14.9 Å². The zero-order valence-corrected chi connectivity index (χ0v) is 19.0. The Bertz CT molecular complexity index is 1110. The molecular weight excluding hydrogens is 472 g/mol. The smallest absolute Gasteiger partial charge is 0.414 e. The van der Waals surface area contributed by atoms with Gasteiger partial charge in [0.1, 0.15) is 6.61 Å². The van der Waals surface area contributed by atoms with E-state index in [2.05, 4.69) is 28.1 Å². The second-order valence-electron chi connectivity index (χ2n) is 7.82. The van der Waals surface area contributed by atoms with Crippen LogP contribution in [-0.4, -0.2) is 17.1 Å². The standard InChI is InChI=1S/C25H23BrN2O4/c26-23-16-22(28(30)31)15-20-12-14-21(13-11-18-7-3-1-4-8-18)27(24(20)23)25(29)32-17-19-9-5-2-6-10-19/h1-10,15-16,21H,11-14,17H2. The van der Waals surface area contributed by atoms with E-state index in [1.54, 1.807) is 11.0 Å². The van der Waals surface area contributed by atoms with Gasteiger partial charge in [0.05, 0.1) is 10.6 Å². The van der Waals surface area contributed by atoms with Crippen LogP contribution in [0.15, 0.2) is 77.3 Å². The molecule has 0 spiro atoms. The fourth-order valence-electron chi connectivity index (χ4n) is 4.12. The minimum atomic E-state index is -0.442. The minimum absolute atomic E-state index is 0.0102. The number of nitro groups is 1. The van der Waals surface area contributed by atoms with Crippen LogP contribution < -0.4 is 4.90 Å². The van der Waals surface area contributed by atoms with Crippen molar-refractivity contribution in [3.63, 3.8) is 0 Å². The summed E-state index contributed by atoms with van der Waals surface area (Å²) in [6.07, 6.45) is 2.54. The quantitative estimate of drug-likeness (QED) is 0.291. The van der Waals surface area contributed by atoms with Crippen molar-refractivity contribution in [2.45, 2.75) is 38.3 Å². The first kappa shape index (κ1) is 22.0. The number of nitro benzene ring substituents is 1. The number of carbonyl (C=O) groups is 1. The molecule has 1 aliphatic rings. The van der Waals surface area contributed by atoms with E-state index in [1.807, 2.05) is 48.5 Å². The second kappa shape index (κ2) is 9.96. The fourth-order valence-corrected chi connectivity index (χ4v) is 4.80. The van der Waals surface area contributed by atoms with E-state index in [0.717, 1.165) is 24.0 Å². The molecule has 3 aromatic rings. The third-order valence-electron chi connectivity index (χ3n) is 5.70. The van der Waals surface area contributed by atoms with E-state index in [0.29, 0.717) is 23.0 Å². The third kappa shape index (κ3) is 4.99. The van der Waals surface area contributed by atoms with Crippen molar-refractivity contribution in [3.05, 3.63) is 104 Å². The van der Waals surface area contributed by atoms with E-state index in [4.69, 9.17) is 4.74 Å². The van der Waals surface area contributed by atoms with Crippen LogP contribution in [0.3, 0.4) is 0 Å². The predicted molar refractivity (Wildman–Crippen MR) is 127 cm³/mol. The maximum atomic E-state index is 13.3. The second-order valence-corrected chi connectivity index (χ2v) is 8.67. The summed E-state index contributed by atoms with van der Waals surface area (Å²) in [5, 5.41) is 11.3. The molecule has 32 heavy (non-hydrogen) atoms. The summed E-state index contributed by atoms with van der Waals surface area (Å²) in [5.41, 5.74) is 3.56. The number of fused-ring (bicyclic) bond motifs is 1. The molecule has 0 aromatic heterocycles. The lowest BCUT2D eigenvalue weighted by molar-refractivity contribution is -0.385. The molecule has 1 amide bonds. The van der Waals surface area contributed by atoms with Crippen molar-refractivity contribution in [2.75, 3.05) is 4.90 Å². The summed E-state index contributed by atoms with van der Waals surface area (Å²) in [4.78, 5) is 25.9. The largest absolute Gasteiger partial charge is 0.444 e. The van der Waals surface area contributed by atoms with Gasteiger partial charge in [-0.3, -0.25) is 15.0 Å². The van der Waals surface area contributed by atoms with Crippen molar-refractivity contribution >= 4 is 33.4 Å². The maximum absolute atomic E-state index is 13.3. The van der Waals surface area contributed by atoms with Gasteiger partial charge in [0.15, 0.2) is 0 Å². The van der Waals surface area contributed by atoms with Crippen LogP contribution in [0.1, 0.15) is 29.5 Å². The van der Waals surface area contributed by atoms with Crippen molar-refractivity contribution in [3.8, 4) is 0 Å². The normalized spacial score (nSPS) is 15.2. The van der Waals surface area contributed by atoms with Crippen LogP contribution in [0.4, 0.5) is 16.2 Å². The maximum Gasteiger partial charge on any atom is 0.414 e. The Labute approximate surface area is 195 Å². The van der Waals surface area contributed by atoms with Crippen molar-refractivity contribution < 1.29 is 14.5 Å². The van der Waals surface area contributed by atoms with Crippen LogP contribution >= 0.6 is 15.9 Å². The molecule has 0 saturated carbocycles. The van der Waals surface area contributed by atoms with Crippen LogP contribution in [0.5, 0.6) is 0 Å². The van der Waals surface area contributed by atoms with Crippen molar-refractivity contribution in [1.29, 1.82) is 0 Å². The first-order valence-corrected chi connectivity index (χ1v) is 11.3. The van der Waals surface area contributed by atoms with Gasteiger partial charge >= 0.3 is 6.09 Å². The monoisotopic (exact) mass is 494 g/mol. The summed E-state index contributed by atoms with van der Waals surface area (Å²) in [5.74, 6) is 0. The highest BCUT2D eigenvalue weighted by atomic mass is 79.9. The molecular formula is C25H23BrN2O4. The number of ether oxygens (including phenoxy) is 1. The lowest BCUT2D eigenvalue weighted by Gasteiger charge is -2.37. The Morgan fingerprint density at radius 1 is 1.06 bits per heavy atom. The number of non-ortho nitro benzene ring substituents is 1. The number of benzene rings is 3. The van der Waals surface area contributed by atoms with Gasteiger partial charge in [0.2, 0.25) is 0 Å². The predicted octanol–water partition coefficient (Wildman–Crippen LogP) is 6.45. The van der Waals surface area contributed by atoms with Crippen LogP contribution in [0, 0.1) is 10.1 Å². The highest BCUT2D eigenvalue weighted by Gasteiger charge is 2.35. The first-order valence-electron chi connectivity index (χ1n) is 10.5. The Morgan fingerprint density at radius 2 is 1.72 bits per heavy atom. The average molecular weight is 495 g/mol. The number of halogens is 1. The Balaban J connectivity index is 1.61. The topological polar surface area (TPSA) is 72.7 Å². The summed E-state index contributed by atoms with van der Waals surface area (Å²) in [7, 11) is 0. The summed E-state index contributed by atoms with van der Waals surface area (Å²) in [6.45, 7) is 0.168. The van der Waals surface area contributed by atoms with E-state index in [-0.39, 0.29) is 18.3 Å². The van der Waals surface area contributed by atoms with Gasteiger partial charge in [-0.2, -0.15) is 0 Å². The van der Waals surface area contributed by atoms with Gasteiger partial charge in [-0.1, -0.05) is 60.7 Å². The molecule has 1 heterocycles. The number of amides is 1. The Kier molecular flexibility index (Phi) is 6.85. The molecule has 3 aromatic carbocycles. The molecule has 1 atom stereocenters. The van der Waals surface area contributed by atoms with Gasteiger partial charge in [0.25, 0.3) is 5.69 Å². The van der Waals surface area contributed by atoms with Crippen LogP contribution in [-0.2, 0) is 24.2 Å². The number of nitrogens with zero attached hydrogens (tertiary/aromatic N) is 2. The van der Waals surface area contributed by atoms with Crippen LogP contribution in [0.2, 0.25) is 0 Å². The highest BCUT2D eigenvalue weighted by Crippen LogP contribution is 2.41. The zero-order valence-electron chi connectivity index (χ0n) is 17.4. The number of hydrogen-bond donors (Lipinski definition) is 0. The van der Waals surface area contributed by atoms with E-state index < -0.39 is 11.0 Å². The molecule has 0 radical (unpaired) electrons. The Hall–Kier alpha value is -3.19. The third-order valence-corrected chi connectivity index (χ3v) is 6.31. The Morgan fingerprint density at radius 3 is 2.38 bits per heavy atom. The van der Waals surface area contributed by atoms with Gasteiger partial charge in [-0.15, -0.1) is 0 Å². The molecule has 0 N–H and O–H groups in total. The van der Waals surface area contributed by atoms with E-state index in [1.165, 1.54) is 11.6 Å². The summed E-state index contributed by atoms with van der Waals surface area (Å²) >= 11 is 3.48. The molecule has 0 bridgehead atoms. The van der Waals surface area contributed by atoms with Crippen molar-refractivity contribution in [2.24, 2.45) is 0 Å². The molecule has 4 rings (SSSR count). The zero-order chi connectivity index (χ0) is 22.5. The van der Waals surface area contributed by atoms with Gasteiger partial charge in [-0.25, -0.2) is 4.79 Å². The molecule has 0 fully saturated rings. The number of anilines is 1. The molecule has 7 heteroatoms. The fraction of sp³-hybridized carbons (Fsp3) is 0.240. The number of rotatable bonds is 6. The molecule has 1 aliphatic heterocycles. The number of aryl methyl sites for hydroxylation is 2. The molecule has 0 saturated heterocycles. The number of hydrogen-bond acceptors (Lipinski definition) is 4. The lowest BCUT2D eigenvalue weighted by atomic mass is 9.92. The van der Waals surface area contributed by atoms with Crippen LogP contribution in [0.25, 0.3) is 0 Å². The SMILES string of the molecule is O=C(OCc1ccccc1)N1c2c(Br)cc([N+](=O)[O-])cc2CCC1CCc1ccccc1. The first-order chi connectivity index (χ1) is 15.5. The van der Waals surface area contributed by atoms with Gasteiger partial charge < -0.3 is 4.74 Å².